The van der Waals surface area contributed by atoms with Crippen molar-refractivity contribution in [3.05, 3.63) is 23.8 Å². The Morgan fingerprint density at radius 3 is 1.64 bits per heavy atom. The van der Waals surface area contributed by atoms with Crippen LogP contribution in [-0.2, 0) is 26.7 Å². The number of anilines is 1. The molecule has 0 radical (unpaired) electrons. The van der Waals surface area contributed by atoms with Gasteiger partial charge in [0, 0.05) is 19.8 Å². The van der Waals surface area contributed by atoms with Crippen LogP contribution < -0.4 is 8.69 Å². The Kier molecular flexibility index (Phi) is 7.30. The third-order valence-corrected chi connectivity index (χ3v) is 7.74. The summed E-state index contributed by atoms with van der Waals surface area (Å²) in [6.07, 6.45) is 0. The molecular weight excluding hydrogens is 463 g/mol. The number of benzene rings is 1. The van der Waals surface area contributed by atoms with Crippen LogP contribution in [0.4, 0.5) is 32.0 Å². The Bertz CT molecular complexity index is 868. The van der Waals surface area contributed by atoms with Gasteiger partial charge in [-0.1, -0.05) is 0 Å². The molecule has 0 atom stereocenters. The van der Waals surface area contributed by atoms with Crippen molar-refractivity contribution >= 4 is 41.1 Å². The van der Waals surface area contributed by atoms with E-state index in [0.29, 0.717) is 11.3 Å². The highest BCUT2D eigenvalue weighted by molar-refractivity contribution is 7.89. The van der Waals surface area contributed by atoms with Gasteiger partial charge in [0.1, 0.15) is 0 Å². The molecule has 0 aliphatic heterocycles. The molecular formula is C11H12AlF6NO7S2. The van der Waals surface area contributed by atoms with Crippen LogP contribution in [0.1, 0.15) is 5.56 Å². The molecule has 8 nitrogen and oxygen atoms in total. The molecule has 0 aromatic heterocycles. The van der Waals surface area contributed by atoms with Crippen molar-refractivity contribution < 1.29 is 53.4 Å². The second-order valence-corrected chi connectivity index (χ2v) is 10.3. The maximum absolute atomic E-state index is 12.4. The quantitative estimate of drug-likeness (QED) is 0.336. The monoisotopic (exact) mass is 475 g/mol. The lowest BCUT2D eigenvalue weighted by molar-refractivity contribution is -0.0537. The van der Waals surface area contributed by atoms with Gasteiger partial charge in [-0.2, -0.15) is 43.2 Å². The van der Waals surface area contributed by atoms with Crippen molar-refractivity contribution in [2.75, 3.05) is 19.0 Å². The van der Waals surface area contributed by atoms with Gasteiger partial charge in [-0.15, -0.1) is 0 Å². The second-order valence-electron chi connectivity index (χ2n) is 5.24. The Morgan fingerprint density at radius 1 is 0.893 bits per heavy atom. The van der Waals surface area contributed by atoms with Crippen LogP contribution >= 0.6 is 0 Å². The van der Waals surface area contributed by atoms with Crippen molar-refractivity contribution in [2.45, 2.75) is 17.9 Å². The molecule has 1 aromatic carbocycles. The van der Waals surface area contributed by atoms with E-state index in [4.69, 9.17) is 0 Å². The Morgan fingerprint density at radius 2 is 1.32 bits per heavy atom. The first kappa shape index (κ1) is 24.8. The summed E-state index contributed by atoms with van der Waals surface area (Å²) >= 11 is -5.10. The third kappa shape index (κ3) is 6.12. The van der Waals surface area contributed by atoms with E-state index in [9.17, 15) is 43.2 Å². The van der Waals surface area contributed by atoms with Crippen LogP contribution in [0.15, 0.2) is 18.2 Å². The summed E-state index contributed by atoms with van der Waals surface area (Å²) in [4.78, 5) is 1.61. The van der Waals surface area contributed by atoms with E-state index in [1.54, 1.807) is 19.0 Å². The molecule has 0 unspecified atom stereocenters. The zero-order chi connectivity index (χ0) is 22.1. The first-order valence-corrected chi connectivity index (χ1v) is 11.0. The van der Waals surface area contributed by atoms with Gasteiger partial charge in [0.15, 0.2) is 0 Å². The molecule has 0 saturated carbocycles. The van der Waals surface area contributed by atoms with Crippen LogP contribution in [0.25, 0.3) is 0 Å². The summed E-state index contributed by atoms with van der Waals surface area (Å²) in [7, 11) is -9.72. The van der Waals surface area contributed by atoms with Gasteiger partial charge in [-0.05, 0) is 30.7 Å². The Balaban J connectivity index is 3.27. The largest absolute Gasteiger partial charge is 1.03 e. The molecule has 0 spiro atoms. The number of rotatable bonds is 7. The average Bonchev–Trinajstić information content (AvgIpc) is 2.43. The predicted molar refractivity (Wildman–Crippen MR) is 84.0 cm³/mol. The molecule has 1 rings (SSSR count). The molecule has 0 amide bonds. The lowest BCUT2D eigenvalue weighted by Gasteiger charge is -2.19. The molecule has 0 saturated heterocycles. The molecule has 0 aliphatic rings. The van der Waals surface area contributed by atoms with Gasteiger partial charge >= 0.3 is 46.4 Å². The fourth-order valence-electron chi connectivity index (χ4n) is 1.69. The number of alkyl halides is 6. The number of hydrogen-bond donors (Lipinski definition) is 0. The zero-order valence-corrected chi connectivity index (χ0v) is 17.0. The van der Waals surface area contributed by atoms with E-state index >= 15 is 0 Å². The molecule has 17 heteroatoms. The number of nitrogens with zero attached hydrogens (tertiary/aromatic N) is 1. The predicted octanol–water partition coefficient (Wildman–Crippen LogP) is 2.16. The smallest absolute Gasteiger partial charge is 0.598 e. The summed E-state index contributed by atoms with van der Waals surface area (Å²) < 4.78 is 130. The normalized spacial score (nSPS) is 13.3. The van der Waals surface area contributed by atoms with Crippen molar-refractivity contribution in [1.82, 2.24) is 0 Å². The highest BCUT2D eigenvalue weighted by Crippen LogP contribution is 2.30. The summed E-state index contributed by atoms with van der Waals surface area (Å²) in [6.45, 7) is 1.50. The van der Waals surface area contributed by atoms with E-state index in [1.807, 2.05) is 0 Å². The van der Waals surface area contributed by atoms with Gasteiger partial charge < -0.3 is 15.2 Å². The van der Waals surface area contributed by atoms with Gasteiger partial charge in [-0.3, -0.25) is 0 Å². The minimum atomic E-state index is -6.49. The standard InChI is InChI=1S/C9H13NO.2CHF3O3S.Al/c1-7-6-8(11)4-5-9(7)10(2)3;2*2-1(3,4)8(5,6)7;/h4-6,11H,1-3H3;2*(H,5,6,7);/q;;;+3/p-3. The van der Waals surface area contributed by atoms with Crippen LogP contribution in [0.2, 0.25) is 0 Å². The zero-order valence-electron chi connectivity index (χ0n) is 14.2. The Hall–Kier alpha value is -1.25. The van der Waals surface area contributed by atoms with Crippen LogP contribution in [0.5, 0.6) is 5.75 Å². The molecule has 0 aliphatic carbocycles. The van der Waals surface area contributed by atoms with Crippen molar-refractivity contribution in [3.8, 4) is 5.75 Å². The summed E-state index contributed by atoms with van der Waals surface area (Å²) in [5.41, 5.74) is -11.1. The molecule has 0 heterocycles. The number of hydrogen-bond acceptors (Lipinski definition) is 8. The van der Waals surface area contributed by atoms with Gasteiger partial charge in [0.25, 0.3) is 0 Å². The highest BCUT2D eigenvalue weighted by Gasteiger charge is 2.59. The maximum Gasteiger partial charge on any atom is 1.03 e. The lowest BCUT2D eigenvalue weighted by Crippen LogP contribution is -2.42. The number of halogens is 6. The first-order valence-electron chi connectivity index (χ1n) is 6.81. The van der Waals surface area contributed by atoms with Gasteiger partial charge in [-0.25, -0.2) is 0 Å². The molecule has 160 valence electrons. The Labute approximate surface area is 161 Å². The van der Waals surface area contributed by atoms with Crippen molar-refractivity contribution in [2.24, 2.45) is 0 Å². The molecule has 28 heavy (non-hydrogen) atoms. The van der Waals surface area contributed by atoms with Crippen LogP contribution in [0.3, 0.4) is 0 Å². The fraction of sp³-hybridized carbons (Fsp3) is 0.455. The van der Waals surface area contributed by atoms with Gasteiger partial charge in [0.05, 0.1) is 5.75 Å². The van der Waals surface area contributed by atoms with E-state index < -0.39 is 52.2 Å². The minimum Gasteiger partial charge on any atom is -0.598 e. The van der Waals surface area contributed by atoms with Crippen LogP contribution in [-0.4, -0.2) is 57.1 Å². The summed E-state index contributed by atoms with van der Waals surface area (Å²) in [5, 5.41) is 0. The van der Waals surface area contributed by atoms with Crippen LogP contribution in [0, 0.1) is 6.92 Å². The average molecular weight is 475 g/mol. The van der Waals surface area contributed by atoms with E-state index in [0.717, 1.165) is 12.1 Å². The van der Waals surface area contributed by atoms with Gasteiger partial charge in [0.2, 0.25) is 0 Å². The minimum absolute atomic E-state index is 0.424. The summed E-state index contributed by atoms with van der Waals surface area (Å²) in [5.74, 6) is -0.463. The molecule has 0 fully saturated rings. The third-order valence-electron chi connectivity index (χ3n) is 2.86. The fourth-order valence-corrected chi connectivity index (χ4v) is 5.31. The van der Waals surface area contributed by atoms with Crippen molar-refractivity contribution in [1.29, 1.82) is 0 Å². The lowest BCUT2D eigenvalue weighted by atomic mass is 10.2. The summed E-state index contributed by atoms with van der Waals surface area (Å²) in [6, 6.07) is 3.50. The maximum atomic E-state index is 12.4. The molecule has 0 bridgehead atoms. The highest BCUT2D eigenvalue weighted by atomic mass is 32.2. The van der Waals surface area contributed by atoms with Crippen molar-refractivity contribution in [3.63, 3.8) is 0 Å². The molecule has 0 N–H and O–H groups in total. The molecule has 1 aromatic rings. The van der Waals surface area contributed by atoms with E-state index in [-0.39, 0.29) is 0 Å². The first-order chi connectivity index (χ1) is 12.4. The SMILES string of the molecule is Cc1cc([O][Al]([O]S(=O)(=O)C(F)(F)F)[O]S(=O)(=O)C(F)(F)F)ccc1N(C)C. The topological polar surface area (TPSA) is 99.2 Å². The second kappa shape index (κ2) is 8.24. The van der Waals surface area contributed by atoms with E-state index in [2.05, 4.69) is 10.3 Å². The number of aryl methyl sites for hydroxylation is 1. The van der Waals surface area contributed by atoms with E-state index in [1.165, 1.54) is 13.0 Å².